The molecule has 0 atom stereocenters. The smallest absolute Gasteiger partial charge is 0.243 e. The molecule has 1 saturated heterocycles. The van der Waals surface area contributed by atoms with Crippen molar-refractivity contribution in [3.8, 4) is 0 Å². The van der Waals surface area contributed by atoms with Crippen molar-refractivity contribution in [1.82, 2.24) is 4.31 Å². The maximum absolute atomic E-state index is 13.3. The lowest BCUT2D eigenvalue weighted by molar-refractivity contribution is -0.116. The number of benzene rings is 2. The van der Waals surface area contributed by atoms with Crippen LogP contribution < -0.4 is 5.32 Å². The summed E-state index contributed by atoms with van der Waals surface area (Å²) < 4.78 is 40.0. The van der Waals surface area contributed by atoms with Crippen LogP contribution in [-0.2, 0) is 14.8 Å². The van der Waals surface area contributed by atoms with Gasteiger partial charge in [0, 0.05) is 25.2 Å². The Bertz CT molecular complexity index is 879. The van der Waals surface area contributed by atoms with E-state index in [1.165, 1.54) is 22.5 Å². The van der Waals surface area contributed by atoms with Crippen molar-refractivity contribution in [1.29, 1.82) is 0 Å². The topological polar surface area (TPSA) is 66.5 Å². The zero-order valence-electron chi connectivity index (χ0n) is 15.0. The van der Waals surface area contributed by atoms with Gasteiger partial charge < -0.3 is 5.32 Å². The summed E-state index contributed by atoms with van der Waals surface area (Å²) in [5, 5.41) is 2.86. The zero-order valence-corrected chi connectivity index (χ0v) is 15.8. The summed E-state index contributed by atoms with van der Waals surface area (Å²) in [4.78, 5) is 12.0. The predicted molar refractivity (Wildman–Crippen MR) is 102 cm³/mol. The van der Waals surface area contributed by atoms with Crippen LogP contribution in [0.4, 0.5) is 10.1 Å². The van der Waals surface area contributed by atoms with Gasteiger partial charge in [0.15, 0.2) is 0 Å². The number of sulfonamides is 1. The molecule has 2 aromatic carbocycles. The molecule has 1 aliphatic rings. The van der Waals surface area contributed by atoms with Crippen LogP contribution >= 0.6 is 0 Å². The Morgan fingerprint density at radius 3 is 2.44 bits per heavy atom. The Morgan fingerprint density at radius 1 is 1.07 bits per heavy atom. The molecule has 27 heavy (non-hydrogen) atoms. The first-order valence-electron chi connectivity index (χ1n) is 9.06. The number of halogens is 1. The molecule has 2 aromatic rings. The summed E-state index contributed by atoms with van der Waals surface area (Å²) in [6.07, 6.45) is 2.54. The molecule has 0 radical (unpaired) electrons. The monoisotopic (exact) mass is 390 g/mol. The van der Waals surface area contributed by atoms with Crippen molar-refractivity contribution in [2.24, 2.45) is 5.92 Å². The van der Waals surface area contributed by atoms with E-state index in [9.17, 15) is 17.6 Å². The van der Waals surface area contributed by atoms with Crippen LogP contribution in [0, 0.1) is 11.7 Å². The molecule has 1 amide bonds. The van der Waals surface area contributed by atoms with Crippen molar-refractivity contribution in [3.05, 3.63) is 60.4 Å². The average Bonchev–Trinajstić information content (AvgIpc) is 2.67. The number of nitrogens with one attached hydrogen (secondary N) is 1. The number of hydrogen-bond donors (Lipinski definition) is 1. The van der Waals surface area contributed by atoms with Crippen LogP contribution in [0.25, 0.3) is 0 Å². The summed E-state index contributed by atoms with van der Waals surface area (Å²) in [6.45, 7) is 0.785. The van der Waals surface area contributed by atoms with Crippen LogP contribution in [0.1, 0.15) is 25.7 Å². The molecule has 3 rings (SSSR count). The first kappa shape index (κ1) is 19.5. The molecule has 7 heteroatoms. The van der Waals surface area contributed by atoms with E-state index < -0.39 is 15.8 Å². The minimum Gasteiger partial charge on any atom is -0.326 e. The SMILES string of the molecule is O=C(CCC1CCN(S(=O)(=O)c2cccc(F)c2)CC1)Nc1ccccc1. The van der Waals surface area contributed by atoms with E-state index in [2.05, 4.69) is 5.32 Å². The van der Waals surface area contributed by atoms with Gasteiger partial charge in [0.1, 0.15) is 5.82 Å². The first-order chi connectivity index (χ1) is 12.9. The highest BCUT2D eigenvalue weighted by Gasteiger charge is 2.29. The van der Waals surface area contributed by atoms with Gasteiger partial charge in [0.2, 0.25) is 15.9 Å². The maximum Gasteiger partial charge on any atom is 0.243 e. The standard InChI is InChI=1S/C20H23FN2O3S/c21-17-5-4-8-19(15-17)27(25,26)23-13-11-16(12-14-23)9-10-20(24)22-18-6-2-1-3-7-18/h1-8,15-16H,9-14H2,(H,22,24). The molecule has 0 spiro atoms. The number of hydrogen-bond acceptors (Lipinski definition) is 3. The highest BCUT2D eigenvalue weighted by Crippen LogP contribution is 2.26. The van der Waals surface area contributed by atoms with Gasteiger partial charge in [-0.3, -0.25) is 4.79 Å². The highest BCUT2D eigenvalue weighted by atomic mass is 32.2. The second-order valence-electron chi connectivity index (χ2n) is 6.76. The molecule has 1 aliphatic heterocycles. The fourth-order valence-corrected chi connectivity index (χ4v) is 4.80. The number of amides is 1. The van der Waals surface area contributed by atoms with Gasteiger partial charge in [-0.1, -0.05) is 24.3 Å². The Morgan fingerprint density at radius 2 is 1.78 bits per heavy atom. The molecule has 0 aromatic heterocycles. The van der Waals surface area contributed by atoms with Crippen LogP contribution in [0.5, 0.6) is 0 Å². The summed E-state index contributed by atoms with van der Waals surface area (Å²) in [5.74, 6) is -0.281. The molecule has 5 nitrogen and oxygen atoms in total. The Labute approximate surface area is 159 Å². The lowest BCUT2D eigenvalue weighted by atomic mass is 9.93. The zero-order chi connectivity index (χ0) is 19.3. The van der Waals surface area contributed by atoms with Gasteiger partial charge in [0.05, 0.1) is 4.90 Å². The molecular formula is C20H23FN2O3S. The number of nitrogens with zero attached hydrogens (tertiary/aromatic N) is 1. The van der Waals surface area contributed by atoms with E-state index in [0.717, 1.165) is 18.2 Å². The van der Waals surface area contributed by atoms with Crippen molar-refractivity contribution in [2.45, 2.75) is 30.6 Å². The third-order valence-electron chi connectivity index (χ3n) is 4.84. The van der Waals surface area contributed by atoms with E-state index in [-0.39, 0.29) is 10.8 Å². The quantitative estimate of drug-likeness (QED) is 0.819. The Kier molecular flexibility index (Phi) is 6.23. The average molecular weight is 390 g/mol. The molecule has 1 N–H and O–H groups in total. The molecular weight excluding hydrogens is 367 g/mol. The second-order valence-corrected chi connectivity index (χ2v) is 8.70. The van der Waals surface area contributed by atoms with E-state index in [4.69, 9.17) is 0 Å². The molecule has 0 saturated carbocycles. The molecule has 0 aliphatic carbocycles. The number of anilines is 1. The van der Waals surface area contributed by atoms with E-state index >= 15 is 0 Å². The van der Waals surface area contributed by atoms with Crippen LogP contribution in [0.2, 0.25) is 0 Å². The third-order valence-corrected chi connectivity index (χ3v) is 6.74. The number of piperidine rings is 1. The molecule has 0 bridgehead atoms. The van der Waals surface area contributed by atoms with Gasteiger partial charge in [-0.2, -0.15) is 4.31 Å². The minimum absolute atomic E-state index is 0.0109. The van der Waals surface area contributed by atoms with Gasteiger partial charge in [-0.05, 0) is 55.5 Å². The van der Waals surface area contributed by atoms with E-state index in [1.807, 2.05) is 30.3 Å². The summed E-state index contributed by atoms with van der Waals surface area (Å²) >= 11 is 0. The Hall–Kier alpha value is -2.25. The van der Waals surface area contributed by atoms with E-state index in [0.29, 0.717) is 38.3 Å². The predicted octanol–water partition coefficient (Wildman–Crippen LogP) is 3.65. The molecule has 1 fully saturated rings. The van der Waals surface area contributed by atoms with Gasteiger partial charge in [-0.25, -0.2) is 12.8 Å². The first-order valence-corrected chi connectivity index (χ1v) is 10.5. The lowest BCUT2D eigenvalue weighted by Gasteiger charge is -2.31. The fraction of sp³-hybridized carbons (Fsp3) is 0.350. The van der Waals surface area contributed by atoms with Gasteiger partial charge in [0.25, 0.3) is 0 Å². The van der Waals surface area contributed by atoms with E-state index in [1.54, 1.807) is 0 Å². The lowest BCUT2D eigenvalue weighted by Crippen LogP contribution is -2.38. The van der Waals surface area contributed by atoms with Crippen LogP contribution in [0.3, 0.4) is 0 Å². The van der Waals surface area contributed by atoms with Crippen molar-refractivity contribution < 1.29 is 17.6 Å². The van der Waals surface area contributed by atoms with Gasteiger partial charge in [-0.15, -0.1) is 0 Å². The number of carbonyl (C=O) groups excluding carboxylic acids is 1. The minimum atomic E-state index is -3.67. The number of para-hydroxylation sites is 1. The Balaban J connectivity index is 1.48. The molecule has 0 unspecified atom stereocenters. The maximum atomic E-state index is 13.3. The summed E-state index contributed by atoms with van der Waals surface area (Å²) in [5.41, 5.74) is 0.776. The van der Waals surface area contributed by atoms with Gasteiger partial charge >= 0.3 is 0 Å². The van der Waals surface area contributed by atoms with Crippen molar-refractivity contribution in [3.63, 3.8) is 0 Å². The normalized spacial score (nSPS) is 16.2. The van der Waals surface area contributed by atoms with Crippen molar-refractivity contribution in [2.75, 3.05) is 18.4 Å². The summed E-state index contributed by atoms with van der Waals surface area (Å²) in [6, 6.07) is 14.4. The largest absolute Gasteiger partial charge is 0.326 e. The summed E-state index contributed by atoms with van der Waals surface area (Å²) in [7, 11) is -3.67. The van der Waals surface area contributed by atoms with Crippen molar-refractivity contribution >= 4 is 21.6 Å². The molecule has 1 heterocycles. The van der Waals surface area contributed by atoms with Crippen LogP contribution in [-0.4, -0.2) is 31.7 Å². The fourth-order valence-electron chi connectivity index (χ4n) is 3.30. The third kappa shape index (κ3) is 5.14. The number of rotatable bonds is 6. The number of carbonyl (C=O) groups is 1. The highest BCUT2D eigenvalue weighted by molar-refractivity contribution is 7.89. The molecule has 144 valence electrons. The second kappa shape index (κ2) is 8.63. The van der Waals surface area contributed by atoms with Crippen LogP contribution in [0.15, 0.2) is 59.5 Å².